The van der Waals surface area contributed by atoms with Gasteiger partial charge in [-0.15, -0.1) is 0 Å². The van der Waals surface area contributed by atoms with Crippen molar-refractivity contribution in [2.75, 3.05) is 17.7 Å². The van der Waals surface area contributed by atoms with Crippen LogP contribution in [0.1, 0.15) is 19.3 Å². The van der Waals surface area contributed by atoms with Crippen LogP contribution in [0.25, 0.3) is 0 Å². The molecule has 2 rings (SSSR count). The number of hydrogen-bond acceptors (Lipinski definition) is 5. The monoisotopic (exact) mass is 241 g/mol. The van der Waals surface area contributed by atoms with Gasteiger partial charge in [0, 0.05) is 19.0 Å². The average Bonchev–Trinajstić information content (AvgIpc) is 2.29. The smallest absolute Gasteiger partial charge is 0.168 e. The van der Waals surface area contributed by atoms with Crippen molar-refractivity contribution in [1.82, 2.24) is 9.97 Å². The van der Waals surface area contributed by atoms with Crippen LogP contribution in [-0.2, 0) is 9.84 Å². The molecule has 1 unspecified atom stereocenters. The minimum atomic E-state index is -3.06. The first-order valence-corrected chi connectivity index (χ1v) is 7.26. The highest BCUT2D eigenvalue weighted by molar-refractivity contribution is 7.91. The molecule has 0 bridgehead atoms. The lowest BCUT2D eigenvalue weighted by Gasteiger charge is -2.35. The van der Waals surface area contributed by atoms with Crippen LogP contribution in [0.4, 0.5) is 5.82 Å². The summed E-state index contributed by atoms with van der Waals surface area (Å²) in [4.78, 5) is 9.82. The van der Waals surface area contributed by atoms with Gasteiger partial charge in [0.15, 0.2) is 9.84 Å². The van der Waals surface area contributed by atoms with E-state index in [1.54, 1.807) is 12.3 Å². The van der Waals surface area contributed by atoms with E-state index >= 15 is 0 Å². The first-order chi connectivity index (χ1) is 7.59. The predicted molar refractivity (Wildman–Crippen MR) is 61.9 cm³/mol. The van der Waals surface area contributed by atoms with Crippen LogP contribution in [0.2, 0.25) is 0 Å². The minimum Gasteiger partial charge on any atom is -0.340 e. The molecule has 1 aromatic heterocycles. The zero-order chi connectivity index (χ0) is 11.6. The largest absolute Gasteiger partial charge is 0.340 e. The first kappa shape index (κ1) is 11.3. The van der Waals surface area contributed by atoms with E-state index in [2.05, 4.69) is 9.97 Å². The van der Waals surface area contributed by atoms with Crippen LogP contribution in [0, 0.1) is 0 Å². The Morgan fingerprint density at radius 3 is 2.88 bits per heavy atom. The molecule has 0 amide bonds. The molecule has 0 aliphatic carbocycles. The number of anilines is 1. The number of sulfone groups is 1. The van der Waals surface area contributed by atoms with Crippen molar-refractivity contribution in [1.29, 1.82) is 0 Å². The summed E-state index contributed by atoms with van der Waals surface area (Å²) in [6.07, 6.45) is 7.02. The van der Waals surface area contributed by atoms with Crippen LogP contribution in [0.15, 0.2) is 18.6 Å². The van der Waals surface area contributed by atoms with Gasteiger partial charge in [0.1, 0.15) is 17.5 Å². The van der Waals surface area contributed by atoms with Gasteiger partial charge < -0.3 is 4.90 Å². The van der Waals surface area contributed by atoms with E-state index in [1.165, 1.54) is 12.6 Å². The van der Waals surface area contributed by atoms with Gasteiger partial charge in [-0.2, -0.15) is 0 Å². The van der Waals surface area contributed by atoms with E-state index in [0.717, 1.165) is 19.4 Å². The molecule has 88 valence electrons. The lowest BCUT2D eigenvalue weighted by molar-refractivity contribution is 0.508. The number of hydrogen-bond donors (Lipinski definition) is 0. The molecule has 2 heterocycles. The molecule has 0 radical (unpaired) electrons. The van der Waals surface area contributed by atoms with Gasteiger partial charge in [-0.1, -0.05) is 0 Å². The van der Waals surface area contributed by atoms with E-state index in [4.69, 9.17) is 0 Å². The maximum Gasteiger partial charge on any atom is 0.168 e. The van der Waals surface area contributed by atoms with Gasteiger partial charge >= 0.3 is 0 Å². The minimum absolute atomic E-state index is 0.434. The Hall–Kier alpha value is -1.17. The van der Waals surface area contributed by atoms with Crippen molar-refractivity contribution in [3.8, 4) is 0 Å². The third kappa shape index (κ3) is 2.32. The zero-order valence-corrected chi connectivity index (χ0v) is 10.0. The molecule has 1 aliphatic heterocycles. The van der Waals surface area contributed by atoms with E-state index in [0.29, 0.717) is 12.2 Å². The standard InChI is InChI=1S/C10H15N3O2S/c1-16(14,15)10-4-2-3-7-13(10)9-5-6-11-8-12-9/h5-6,8,10H,2-4,7H2,1H3. The van der Waals surface area contributed by atoms with Gasteiger partial charge in [0.25, 0.3) is 0 Å². The third-order valence-corrected chi connectivity index (χ3v) is 4.28. The Labute approximate surface area is 95.4 Å². The van der Waals surface area contributed by atoms with Crippen molar-refractivity contribution in [2.45, 2.75) is 24.6 Å². The Balaban J connectivity index is 2.31. The SMILES string of the molecule is CS(=O)(=O)C1CCCCN1c1ccncn1. The van der Waals surface area contributed by atoms with Gasteiger partial charge in [0.05, 0.1) is 0 Å². The number of nitrogens with zero attached hydrogens (tertiary/aromatic N) is 3. The number of piperidine rings is 1. The fraction of sp³-hybridized carbons (Fsp3) is 0.600. The van der Waals surface area contributed by atoms with Crippen LogP contribution in [-0.4, -0.2) is 36.6 Å². The maximum atomic E-state index is 11.7. The molecular formula is C10H15N3O2S. The van der Waals surface area contributed by atoms with Crippen molar-refractivity contribution >= 4 is 15.7 Å². The molecular weight excluding hydrogens is 226 g/mol. The number of aromatic nitrogens is 2. The molecule has 6 heteroatoms. The summed E-state index contributed by atoms with van der Waals surface area (Å²) in [6, 6.07) is 1.75. The fourth-order valence-electron chi connectivity index (χ4n) is 2.06. The molecule has 16 heavy (non-hydrogen) atoms. The molecule has 1 atom stereocenters. The maximum absolute atomic E-state index is 11.7. The van der Waals surface area contributed by atoms with Crippen LogP contribution in [0.5, 0.6) is 0 Å². The highest BCUT2D eigenvalue weighted by atomic mass is 32.2. The molecule has 5 nitrogen and oxygen atoms in total. The summed E-state index contributed by atoms with van der Waals surface area (Å²) in [7, 11) is -3.06. The van der Waals surface area contributed by atoms with E-state index in [9.17, 15) is 8.42 Å². The highest BCUT2D eigenvalue weighted by Gasteiger charge is 2.31. The normalized spacial score (nSPS) is 22.1. The van der Waals surface area contributed by atoms with Gasteiger partial charge in [-0.25, -0.2) is 18.4 Å². The topological polar surface area (TPSA) is 63.2 Å². The Morgan fingerprint density at radius 1 is 1.44 bits per heavy atom. The highest BCUT2D eigenvalue weighted by Crippen LogP contribution is 2.25. The Morgan fingerprint density at radius 2 is 2.25 bits per heavy atom. The molecule has 0 aromatic carbocycles. The second kappa shape index (κ2) is 4.37. The van der Waals surface area contributed by atoms with Gasteiger partial charge in [0.2, 0.25) is 0 Å². The lowest BCUT2D eigenvalue weighted by Crippen LogP contribution is -2.44. The second-order valence-electron chi connectivity index (χ2n) is 4.04. The van der Waals surface area contributed by atoms with Crippen molar-refractivity contribution < 1.29 is 8.42 Å². The quantitative estimate of drug-likeness (QED) is 0.767. The predicted octanol–water partition coefficient (Wildman–Crippen LogP) is 0.838. The van der Waals surface area contributed by atoms with Crippen molar-refractivity contribution in [3.05, 3.63) is 18.6 Å². The molecule has 1 fully saturated rings. The van der Waals surface area contributed by atoms with E-state index in [-0.39, 0.29) is 0 Å². The van der Waals surface area contributed by atoms with Crippen LogP contribution >= 0.6 is 0 Å². The van der Waals surface area contributed by atoms with Crippen LogP contribution < -0.4 is 4.90 Å². The molecule has 1 aromatic rings. The zero-order valence-electron chi connectivity index (χ0n) is 9.20. The van der Waals surface area contributed by atoms with Gasteiger partial charge in [-0.3, -0.25) is 0 Å². The lowest BCUT2D eigenvalue weighted by atomic mass is 10.1. The first-order valence-electron chi connectivity index (χ1n) is 5.30. The fourth-order valence-corrected chi connectivity index (χ4v) is 3.33. The second-order valence-corrected chi connectivity index (χ2v) is 6.24. The van der Waals surface area contributed by atoms with Crippen LogP contribution in [0.3, 0.4) is 0 Å². The number of rotatable bonds is 2. The third-order valence-electron chi connectivity index (χ3n) is 2.80. The summed E-state index contributed by atoms with van der Waals surface area (Å²) in [6.45, 7) is 0.745. The Kier molecular flexibility index (Phi) is 3.09. The van der Waals surface area contributed by atoms with Crippen molar-refractivity contribution in [3.63, 3.8) is 0 Å². The average molecular weight is 241 g/mol. The molecule has 1 aliphatic rings. The summed E-state index contributed by atoms with van der Waals surface area (Å²) in [5, 5.41) is -0.434. The summed E-state index contributed by atoms with van der Waals surface area (Å²) < 4.78 is 23.4. The van der Waals surface area contributed by atoms with Crippen molar-refractivity contribution in [2.24, 2.45) is 0 Å². The summed E-state index contributed by atoms with van der Waals surface area (Å²) in [5.41, 5.74) is 0. The molecule has 0 N–H and O–H groups in total. The Bertz CT molecular complexity index is 446. The van der Waals surface area contributed by atoms with E-state index in [1.807, 2.05) is 4.90 Å². The van der Waals surface area contributed by atoms with Gasteiger partial charge in [-0.05, 0) is 25.3 Å². The molecule has 0 spiro atoms. The summed E-state index contributed by atoms with van der Waals surface area (Å²) >= 11 is 0. The van der Waals surface area contributed by atoms with E-state index < -0.39 is 15.2 Å². The molecule has 1 saturated heterocycles. The summed E-state index contributed by atoms with van der Waals surface area (Å²) in [5.74, 6) is 0.699. The molecule has 0 saturated carbocycles.